The Hall–Kier alpha value is -1.61. The van der Waals surface area contributed by atoms with Gasteiger partial charge in [-0.3, -0.25) is 4.98 Å². The van der Waals surface area contributed by atoms with Gasteiger partial charge in [0.1, 0.15) is 11.9 Å². The van der Waals surface area contributed by atoms with Crippen molar-refractivity contribution in [2.75, 3.05) is 6.54 Å². The summed E-state index contributed by atoms with van der Waals surface area (Å²) in [5.41, 5.74) is 0. The fraction of sp³-hybridized carbons (Fsp3) is 0.400. The highest BCUT2D eigenvalue weighted by atomic mass is 16.5. The van der Waals surface area contributed by atoms with Crippen molar-refractivity contribution in [1.29, 1.82) is 0 Å². The third-order valence-electron chi connectivity index (χ3n) is 3.49. The van der Waals surface area contributed by atoms with Crippen molar-refractivity contribution in [3.8, 4) is 5.75 Å². The van der Waals surface area contributed by atoms with E-state index in [1.54, 1.807) is 0 Å². The molecule has 3 nitrogen and oxygen atoms in total. The smallest absolute Gasteiger partial charge is 0.120 e. The van der Waals surface area contributed by atoms with Crippen LogP contribution in [-0.2, 0) is 0 Å². The molecule has 0 aliphatic carbocycles. The molecule has 0 unspecified atom stereocenters. The Morgan fingerprint density at radius 3 is 3.11 bits per heavy atom. The van der Waals surface area contributed by atoms with Gasteiger partial charge in [-0.1, -0.05) is 0 Å². The normalized spacial score (nSPS) is 24.1. The largest absolute Gasteiger partial charge is 0.490 e. The number of pyridine rings is 1. The number of benzene rings is 1. The van der Waals surface area contributed by atoms with Crippen LogP contribution in [0.25, 0.3) is 10.8 Å². The second-order valence-electron chi connectivity index (χ2n) is 5.00. The van der Waals surface area contributed by atoms with Crippen molar-refractivity contribution in [1.82, 2.24) is 10.3 Å². The second-order valence-corrected chi connectivity index (χ2v) is 5.00. The van der Waals surface area contributed by atoms with E-state index in [1.165, 1.54) is 5.39 Å². The van der Waals surface area contributed by atoms with Crippen molar-refractivity contribution >= 4 is 10.8 Å². The zero-order valence-electron chi connectivity index (χ0n) is 10.6. The molecule has 1 aromatic carbocycles. The molecular weight excluding hydrogens is 224 g/mol. The monoisotopic (exact) mass is 242 g/mol. The lowest BCUT2D eigenvalue weighted by Crippen LogP contribution is -2.40. The van der Waals surface area contributed by atoms with E-state index < -0.39 is 0 Å². The van der Waals surface area contributed by atoms with Crippen LogP contribution in [0.2, 0.25) is 0 Å². The number of hydrogen-bond acceptors (Lipinski definition) is 3. The molecule has 2 aromatic rings. The summed E-state index contributed by atoms with van der Waals surface area (Å²) < 4.78 is 6.07. The first kappa shape index (κ1) is 11.5. The number of aromatic nitrogens is 1. The average molecular weight is 242 g/mol. The van der Waals surface area contributed by atoms with Gasteiger partial charge in [0.2, 0.25) is 0 Å². The Balaban J connectivity index is 1.78. The maximum Gasteiger partial charge on any atom is 0.120 e. The van der Waals surface area contributed by atoms with E-state index in [1.807, 2.05) is 24.5 Å². The molecule has 18 heavy (non-hydrogen) atoms. The van der Waals surface area contributed by atoms with E-state index in [2.05, 4.69) is 29.4 Å². The zero-order chi connectivity index (χ0) is 12.4. The lowest BCUT2D eigenvalue weighted by molar-refractivity contribution is 0.144. The number of ether oxygens (including phenoxy) is 1. The molecule has 1 fully saturated rings. The number of hydrogen-bond donors (Lipinski definition) is 1. The quantitative estimate of drug-likeness (QED) is 0.879. The topological polar surface area (TPSA) is 34.1 Å². The molecule has 1 N–H and O–H groups in total. The molecule has 1 saturated heterocycles. The Morgan fingerprint density at radius 1 is 1.28 bits per heavy atom. The number of rotatable bonds is 2. The SMILES string of the molecule is C[C@@H]1C[C@@H](Oc2ccc3cnccc3c2)CCN1. The Labute approximate surface area is 107 Å². The summed E-state index contributed by atoms with van der Waals surface area (Å²) in [5.74, 6) is 0.966. The van der Waals surface area contributed by atoms with Crippen LogP contribution >= 0.6 is 0 Å². The molecule has 1 aliphatic rings. The van der Waals surface area contributed by atoms with E-state index in [9.17, 15) is 0 Å². The summed E-state index contributed by atoms with van der Waals surface area (Å²) in [6, 6.07) is 8.78. The lowest BCUT2D eigenvalue weighted by atomic mass is 10.0. The van der Waals surface area contributed by atoms with Crippen molar-refractivity contribution < 1.29 is 4.74 Å². The number of nitrogens with one attached hydrogen (secondary N) is 1. The van der Waals surface area contributed by atoms with Gasteiger partial charge in [0.05, 0.1) is 0 Å². The zero-order valence-corrected chi connectivity index (χ0v) is 10.6. The van der Waals surface area contributed by atoms with Crippen LogP contribution in [0.5, 0.6) is 5.75 Å². The van der Waals surface area contributed by atoms with E-state index in [-0.39, 0.29) is 0 Å². The van der Waals surface area contributed by atoms with E-state index in [0.717, 1.165) is 30.5 Å². The molecule has 0 saturated carbocycles. The molecule has 1 aromatic heterocycles. The van der Waals surface area contributed by atoms with E-state index >= 15 is 0 Å². The lowest BCUT2D eigenvalue weighted by Gasteiger charge is -2.28. The third-order valence-corrected chi connectivity index (χ3v) is 3.49. The summed E-state index contributed by atoms with van der Waals surface area (Å²) in [6.07, 6.45) is 6.19. The molecule has 3 heteroatoms. The third kappa shape index (κ3) is 2.46. The fourth-order valence-electron chi connectivity index (χ4n) is 2.52. The molecule has 2 heterocycles. The van der Waals surface area contributed by atoms with Gasteiger partial charge < -0.3 is 10.1 Å². The Kier molecular flexibility index (Phi) is 3.15. The van der Waals surface area contributed by atoms with Gasteiger partial charge >= 0.3 is 0 Å². The summed E-state index contributed by atoms with van der Waals surface area (Å²) >= 11 is 0. The first-order valence-corrected chi connectivity index (χ1v) is 6.55. The van der Waals surface area contributed by atoms with Crippen LogP contribution in [0.15, 0.2) is 36.7 Å². The molecule has 94 valence electrons. The van der Waals surface area contributed by atoms with Gasteiger partial charge in [-0.05, 0) is 56.0 Å². The van der Waals surface area contributed by atoms with Gasteiger partial charge in [0.25, 0.3) is 0 Å². The van der Waals surface area contributed by atoms with Crippen LogP contribution in [-0.4, -0.2) is 23.7 Å². The minimum atomic E-state index is 0.334. The molecule has 0 amide bonds. The van der Waals surface area contributed by atoms with Crippen LogP contribution in [0.3, 0.4) is 0 Å². The van der Waals surface area contributed by atoms with Crippen LogP contribution in [0, 0.1) is 0 Å². The predicted molar refractivity (Wildman–Crippen MR) is 72.9 cm³/mol. The highest BCUT2D eigenvalue weighted by Crippen LogP contribution is 2.23. The van der Waals surface area contributed by atoms with Crippen LogP contribution in [0.4, 0.5) is 0 Å². The van der Waals surface area contributed by atoms with E-state index in [0.29, 0.717) is 12.1 Å². The average Bonchev–Trinajstić information content (AvgIpc) is 2.39. The first-order chi connectivity index (χ1) is 8.81. The number of nitrogens with zero attached hydrogens (tertiary/aromatic N) is 1. The van der Waals surface area contributed by atoms with Crippen molar-refractivity contribution in [3.63, 3.8) is 0 Å². The first-order valence-electron chi connectivity index (χ1n) is 6.55. The van der Waals surface area contributed by atoms with E-state index in [4.69, 9.17) is 4.74 Å². The maximum atomic E-state index is 6.07. The molecule has 2 atom stereocenters. The summed E-state index contributed by atoms with van der Waals surface area (Å²) in [4.78, 5) is 4.12. The summed E-state index contributed by atoms with van der Waals surface area (Å²) in [5, 5.41) is 5.78. The van der Waals surface area contributed by atoms with Crippen molar-refractivity contribution in [2.24, 2.45) is 0 Å². The second kappa shape index (κ2) is 4.94. The maximum absolute atomic E-state index is 6.07. The van der Waals surface area contributed by atoms with Crippen LogP contribution < -0.4 is 10.1 Å². The minimum Gasteiger partial charge on any atom is -0.490 e. The standard InChI is InChI=1S/C15H18N2O/c1-11-8-15(5-7-17-11)18-14-3-2-13-10-16-6-4-12(13)9-14/h2-4,6,9-11,15,17H,5,7-8H2,1H3/t11-,15+/m1/s1. The van der Waals surface area contributed by atoms with Gasteiger partial charge in [-0.2, -0.15) is 0 Å². The number of fused-ring (bicyclic) bond motifs is 1. The van der Waals surface area contributed by atoms with Crippen LogP contribution in [0.1, 0.15) is 19.8 Å². The number of piperidine rings is 1. The Morgan fingerprint density at radius 2 is 2.22 bits per heavy atom. The van der Waals surface area contributed by atoms with Crippen molar-refractivity contribution in [3.05, 3.63) is 36.7 Å². The van der Waals surface area contributed by atoms with Gasteiger partial charge in [0, 0.05) is 23.8 Å². The molecule has 0 radical (unpaired) electrons. The molecular formula is C15H18N2O. The molecule has 0 bridgehead atoms. The summed E-state index contributed by atoms with van der Waals surface area (Å²) in [6.45, 7) is 3.25. The Bertz CT molecular complexity index is 541. The fourth-order valence-corrected chi connectivity index (χ4v) is 2.52. The molecule has 0 spiro atoms. The molecule has 3 rings (SSSR count). The van der Waals surface area contributed by atoms with Gasteiger partial charge in [0.15, 0.2) is 0 Å². The summed E-state index contributed by atoms with van der Waals surface area (Å²) in [7, 11) is 0. The predicted octanol–water partition coefficient (Wildman–Crippen LogP) is 2.75. The van der Waals surface area contributed by atoms with Gasteiger partial charge in [-0.25, -0.2) is 0 Å². The highest BCUT2D eigenvalue weighted by Gasteiger charge is 2.19. The van der Waals surface area contributed by atoms with Gasteiger partial charge in [-0.15, -0.1) is 0 Å². The minimum absolute atomic E-state index is 0.334. The highest BCUT2D eigenvalue weighted by molar-refractivity contribution is 5.82. The molecule has 1 aliphatic heterocycles. The van der Waals surface area contributed by atoms with Crippen molar-refractivity contribution in [2.45, 2.75) is 31.9 Å².